The molecule has 134 valence electrons. The molecule has 5 heteroatoms. The normalized spacial score (nSPS) is 17.9. The minimum Gasteiger partial charge on any atom is -0.393 e. The van der Waals surface area contributed by atoms with Gasteiger partial charge in [0.25, 0.3) is 0 Å². The number of hydrogen-bond acceptors (Lipinski definition) is 4. The van der Waals surface area contributed by atoms with E-state index >= 15 is 0 Å². The van der Waals surface area contributed by atoms with Crippen LogP contribution in [-0.4, -0.2) is 59.1 Å². The standard InChI is InChI=1S/C19H31N3O2/c1-14(2)21(3)19(24)18(20)12-15-4-6-16(7-5-15)13-22-10-8-17(23)9-11-22/h4-7,14,17-18,23H,8-13,20H2,1-3H3. The number of rotatable bonds is 6. The quantitative estimate of drug-likeness (QED) is 0.825. The zero-order valence-electron chi connectivity index (χ0n) is 15.1. The van der Waals surface area contributed by atoms with Crippen molar-refractivity contribution in [3.05, 3.63) is 35.4 Å². The molecule has 1 aliphatic rings. The summed E-state index contributed by atoms with van der Waals surface area (Å²) in [5.41, 5.74) is 8.41. The van der Waals surface area contributed by atoms with Gasteiger partial charge in [0.15, 0.2) is 0 Å². The maximum absolute atomic E-state index is 12.2. The van der Waals surface area contributed by atoms with E-state index in [1.165, 1.54) is 5.56 Å². The number of aliphatic hydroxyl groups excluding tert-OH is 1. The lowest BCUT2D eigenvalue weighted by molar-refractivity contribution is -0.132. The highest BCUT2D eigenvalue weighted by atomic mass is 16.3. The van der Waals surface area contributed by atoms with Gasteiger partial charge in [0.2, 0.25) is 5.91 Å². The number of likely N-dealkylation sites (N-methyl/N-ethyl adjacent to an activating group) is 1. The summed E-state index contributed by atoms with van der Waals surface area (Å²) in [6.45, 7) is 6.78. The highest BCUT2D eigenvalue weighted by Crippen LogP contribution is 2.15. The van der Waals surface area contributed by atoms with Gasteiger partial charge in [-0.3, -0.25) is 9.69 Å². The lowest BCUT2D eigenvalue weighted by atomic mass is 10.0. The van der Waals surface area contributed by atoms with Crippen LogP contribution in [0.25, 0.3) is 0 Å². The van der Waals surface area contributed by atoms with Crippen LogP contribution < -0.4 is 5.73 Å². The van der Waals surface area contributed by atoms with Crippen LogP contribution in [0.4, 0.5) is 0 Å². The molecule has 24 heavy (non-hydrogen) atoms. The molecule has 0 bridgehead atoms. The Kier molecular flexibility index (Phi) is 6.78. The van der Waals surface area contributed by atoms with Crippen molar-refractivity contribution in [2.24, 2.45) is 5.73 Å². The molecule has 1 saturated heterocycles. The summed E-state index contributed by atoms with van der Waals surface area (Å²) in [4.78, 5) is 16.3. The van der Waals surface area contributed by atoms with Crippen molar-refractivity contribution in [1.82, 2.24) is 9.80 Å². The molecule has 0 radical (unpaired) electrons. The predicted octanol–water partition coefficient (Wildman–Crippen LogP) is 1.38. The Morgan fingerprint density at radius 1 is 1.25 bits per heavy atom. The topological polar surface area (TPSA) is 69.8 Å². The smallest absolute Gasteiger partial charge is 0.239 e. The minimum absolute atomic E-state index is 0.0130. The van der Waals surface area contributed by atoms with Crippen molar-refractivity contribution >= 4 is 5.91 Å². The lowest BCUT2D eigenvalue weighted by Crippen LogP contribution is -2.45. The number of piperidine rings is 1. The number of carbonyl (C=O) groups is 1. The van der Waals surface area contributed by atoms with Crippen molar-refractivity contribution in [2.75, 3.05) is 20.1 Å². The van der Waals surface area contributed by atoms with Crippen LogP contribution in [0.2, 0.25) is 0 Å². The molecule has 1 atom stereocenters. The van der Waals surface area contributed by atoms with Gasteiger partial charge >= 0.3 is 0 Å². The molecule has 3 N–H and O–H groups in total. The largest absolute Gasteiger partial charge is 0.393 e. The van der Waals surface area contributed by atoms with Crippen molar-refractivity contribution in [2.45, 2.75) is 57.8 Å². The maximum atomic E-state index is 12.2. The van der Waals surface area contributed by atoms with Gasteiger partial charge in [-0.15, -0.1) is 0 Å². The summed E-state index contributed by atoms with van der Waals surface area (Å²) in [6, 6.07) is 8.03. The average Bonchev–Trinajstić information content (AvgIpc) is 2.57. The molecule has 0 spiro atoms. The molecule has 1 fully saturated rings. The minimum atomic E-state index is -0.494. The maximum Gasteiger partial charge on any atom is 0.239 e. The van der Waals surface area contributed by atoms with Crippen LogP contribution >= 0.6 is 0 Å². The molecule has 1 unspecified atom stereocenters. The Morgan fingerprint density at radius 2 is 1.79 bits per heavy atom. The van der Waals surface area contributed by atoms with Crippen molar-refractivity contribution in [1.29, 1.82) is 0 Å². The Balaban J connectivity index is 1.86. The van der Waals surface area contributed by atoms with E-state index in [0.29, 0.717) is 6.42 Å². The van der Waals surface area contributed by atoms with E-state index in [-0.39, 0.29) is 18.1 Å². The third-order valence-electron chi connectivity index (χ3n) is 4.88. The Bertz CT molecular complexity index is 522. The fourth-order valence-electron chi connectivity index (χ4n) is 2.97. The van der Waals surface area contributed by atoms with Crippen LogP contribution in [0.3, 0.4) is 0 Å². The fourth-order valence-corrected chi connectivity index (χ4v) is 2.97. The number of nitrogens with zero attached hydrogens (tertiary/aromatic N) is 2. The van der Waals surface area contributed by atoms with Gasteiger partial charge in [-0.25, -0.2) is 0 Å². The van der Waals surface area contributed by atoms with Crippen molar-refractivity contribution in [3.8, 4) is 0 Å². The highest BCUT2D eigenvalue weighted by Gasteiger charge is 2.20. The number of hydrogen-bond donors (Lipinski definition) is 2. The Labute approximate surface area is 145 Å². The summed E-state index contributed by atoms with van der Waals surface area (Å²) in [6.07, 6.45) is 2.15. The zero-order valence-corrected chi connectivity index (χ0v) is 15.1. The first-order valence-electron chi connectivity index (χ1n) is 8.87. The van der Waals surface area contributed by atoms with Crippen LogP contribution in [0.15, 0.2) is 24.3 Å². The van der Waals surface area contributed by atoms with Gasteiger partial charge in [0.05, 0.1) is 12.1 Å². The van der Waals surface area contributed by atoms with Crippen LogP contribution in [0.1, 0.15) is 37.8 Å². The molecule has 0 aromatic heterocycles. The molecule has 2 rings (SSSR count). The molecule has 1 amide bonds. The van der Waals surface area contributed by atoms with Gasteiger partial charge in [0.1, 0.15) is 0 Å². The number of amides is 1. The van der Waals surface area contributed by atoms with Gasteiger partial charge in [-0.1, -0.05) is 24.3 Å². The Hall–Kier alpha value is -1.43. The Morgan fingerprint density at radius 3 is 2.33 bits per heavy atom. The zero-order chi connectivity index (χ0) is 17.7. The number of nitrogens with two attached hydrogens (primary N) is 1. The summed E-state index contributed by atoms with van der Waals surface area (Å²) in [7, 11) is 1.80. The molecule has 1 heterocycles. The second-order valence-corrected chi connectivity index (χ2v) is 7.18. The van der Waals surface area contributed by atoms with Crippen molar-refractivity contribution < 1.29 is 9.90 Å². The molecule has 1 aromatic rings. The first-order chi connectivity index (χ1) is 11.4. The van der Waals surface area contributed by atoms with E-state index in [1.807, 2.05) is 13.8 Å². The molecule has 1 aliphatic heterocycles. The molecular formula is C19H31N3O2. The number of benzene rings is 1. The number of aliphatic hydroxyl groups is 1. The summed E-state index contributed by atoms with van der Waals surface area (Å²) < 4.78 is 0. The molecule has 1 aromatic carbocycles. The van der Waals surface area contributed by atoms with E-state index in [4.69, 9.17) is 5.73 Å². The second kappa shape index (κ2) is 8.60. The fraction of sp³-hybridized carbons (Fsp3) is 0.632. The third-order valence-corrected chi connectivity index (χ3v) is 4.88. The number of carbonyl (C=O) groups excluding carboxylic acids is 1. The van der Waals surface area contributed by atoms with E-state index < -0.39 is 6.04 Å². The van der Waals surface area contributed by atoms with Crippen molar-refractivity contribution in [3.63, 3.8) is 0 Å². The first-order valence-corrected chi connectivity index (χ1v) is 8.87. The van der Waals surface area contributed by atoms with E-state index in [9.17, 15) is 9.90 Å². The van der Waals surface area contributed by atoms with E-state index in [2.05, 4.69) is 29.2 Å². The summed E-state index contributed by atoms with van der Waals surface area (Å²) in [5, 5.41) is 9.56. The first kappa shape index (κ1) is 18.9. The van der Waals surface area contributed by atoms with Gasteiger partial charge in [0, 0.05) is 32.7 Å². The van der Waals surface area contributed by atoms with E-state index in [0.717, 1.165) is 38.0 Å². The van der Waals surface area contributed by atoms with Crippen LogP contribution in [0, 0.1) is 0 Å². The molecule has 0 saturated carbocycles. The lowest BCUT2D eigenvalue weighted by Gasteiger charge is -2.29. The SMILES string of the molecule is CC(C)N(C)C(=O)C(N)Cc1ccc(CN2CCC(O)CC2)cc1. The monoisotopic (exact) mass is 333 g/mol. The van der Waals surface area contributed by atoms with Gasteiger partial charge in [-0.2, -0.15) is 0 Å². The summed E-state index contributed by atoms with van der Waals surface area (Å²) >= 11 is 0. The van der Waals surface area contributed by atoms with Gasteiger partial charge in [-0.05, 0) is 44.2 Å². The van der Waals surface area contributed by atoms with Crippen LogP contribution in [0.5, 0.6) is 0 Å². The van der Waals surface area contributed by atoms with E-state index in [1.54, 1.807) is 11.9 Å². The molecule has 0 aliphatic carbocycles. The molecule has 5 nitrogen and oxygen atoms in total. The second-order valence-electron chi connectivity index (χ2n) is 7.18. The molecular weight excluding hydrogens is 302 g/mol. The van der Waals surface area contributed by atoms with Crippen LogP contribution in [-0.2, 0) is 17.8 Å². The highest BCUT2D eigenvalue weighted by molar-refractivity contribution is 5.82. The summed E-state index contributed by atoms with van der Waals surface area (Å²) in [5.74, 6) is -0.0130. The van der Waals surface area contributed by atoms with Gasteiger partial charge < -0.3 is 15.7 Å². The average molecular weight is 333 g/mol. The number of likely N-dealkylation sites (tertiary alicyclic amines) is 1. The predicted molar refractivity (Wildman–Crippen MR) is 96.5 cm³/mol. The third kappa shape index (κ3) is 5.30.